The number of benzene rings is 1. The molecule has 1 heterocycles. The quantitative estimate of drug-likeness (QED) is 0.801. The van der Waals surface area contributed by atoms with Crippen LogP contribution in [0, 0.1) is 0 Å². The zero-order chi connectivity index (χ0) is 16.3. The molecule has 7 heteroatoms. The highest BCUT2D eigenvalue weighted by Crippen LogP contribution is 2.41. The molecule has 1 aromatic carbocycles. The highest BCUT2D eigenvalue weighted by Gasteiger charge is 2.47. The normalized spacial score (nSPS) is 27.3. The van der Waals surface area contributed by atoms with Gasteiger partial charge in [-0.25, -0.2) is 0 Å². The molecule has 2 aliphatic rings. The van der Waals surface area contributed by atoms with E-state index >= 15 is 0 Å². The lowest BCUT2D eigenvalue weighted by Crippen LogP contribution is -2.38. The molecule has 2 fully saturated rings. The third kappa shape index (κ3) is 4.51. The molecule has 1 aliphatic carbocycles. The van der Waals surface area contributed by atoms with Crippen molar-refractivity contribution < 1.29 is 22.4 Å². The van der Waals surface area contributed by atoms with E-state index < -0.39 is 22.2 Å². The Labute approximate surface area is 137 Å². The van der Waals surface area contributed by atoms with Crippen LogP contribution in [0.1, 0.15) is 37.7 Å². The summed E-state index contributed by atoms with van der Waals surface area (Å²) >= 11 is 0. The third-order valence-electron chi connectivity index (χ3n) is 4.51. The van der Waals surface area contributed by atoms with E-state index in [1.165, 1.54) is 6.42 Å². The Morgan fingerprint density at radius 3 is 2.39 bits per heavy atom. The van der Waals surface area contributed by atoms with Crippen LogP contribution >= 0.6 is 0 Å². The van der Waals surface area contributed by atoms with Crippen LogP contribution in [0.3, 0.4) is 0 Å². The lowest BCUT2D eigenvalue weighted by atomic mass is 9.94. The molecule has 3 rings (SSSR count). The zero-order valence-corrected chi connectivity index (χ0v) is 13.8. The summed E-state index contributed by atoms with van der Waals surface area (Å²) in [6, 6.07) is 9.92. The lowest BCUT2D eigenvalue weighted by molar-refractivity contribution is -0.193. The summed E-state index contributed by atoms with van der Waals surface area (Å²) in [6.45, 7) is 0.0120. The molecule has 2 N–H and O–H groups in total. The molecule has 1 spiro atoms. The van der Waals surface area contributed by atoms with Gasteiger partial charge in [0, 0.05) is 25.8 Å². The summed E-state index contributed by atoms with van der Waals surface area (Å²) < 4.78 is 45.3. The van der Waals surface area contributed by atoms with Gasteiger partial charge in [0.15, 0.2) is 5.79 Å². The van der Waals surface area contributed by atoms with E-state index in [9.17, 15) is 8.42 Å². The molecule has 0 aromatic heterocycles. The fourth-order valence-corrected chi connectivity index (χ4v) is 3.81. The van der Waals surface area contributed by atoms with Gasteiger partial charge in [0.05, 0.1) is 6.10 Å². The maximum absolute atomic E-state index is 11.0. The zero-order valence-electron chi connectivity index (χ0n) is 13.0. The van der Waals surface area contributed by atoms with Gasteiger partial charge in [0.1, 0.15) is 6.10 Å². The van der Waals surface area contributed by atoms with Crippen LogP contribution in [-0.2, 0) is 26.2 Å². The van der Waals surface area contributed by atoms with Crippen LogP contribution in [0.25, 0.3) is 0 Å². The Bertz CT molecular complexity index is 613. The second-order valence-corrected chi connectivity index (χ2v) is 7.54. The number of nitrogens with one attached hydrogen (secondary N) is 1. The summed E-state index contributed by atoms with van der Waals surface area (Å²) in [5, 5.41) is 0. The van der Waals surface area contributed by atoms with Crippen LogP contribution in [0.4, 0.5) is 0 Å². The monoisotopic (exact) mass is 341 g/mol. The minimum absolute atomic E-state index is 0.0120. The van der Waals surface area contributed by atoms with Gasteiger partial charge in [0.25, 0.3) is 0 Å². The summed E-state index contributed by atoms with van der Waals surface area (Å²) in [5.41, 5.74) is 1.12. The SMILES string of the molecule is O=S(=O)(O)NCC1OC2(CCCCC2)OC1Cc1ccccc1. The minimum atomic E-state index is -4.24. The predicted molar refractivity (Wildman–Crippen MR) is 85.3 cm³/mol. The van der Waals surface area contributed by atoms with Crippen molar-refractivity contribution in [1.82, 2.24) is 4.72 Å². The van der Waals surface area contributed by atoms with Crippen molar-refractivity contribution in [2.45, 2.75) is 56.5 Å². The number of hydrogen-bond donors (Lipinski definition) is 2. The van der Waals surface area contributed by atoms with E-state index in [1.54, 1.807) is 0 Å². The second-order valence-electron chi connectivity index (χ2n) is 6.30. The van der Waals surface area contributed by atoms with Gasteiger partial charge in [-0.1, -0.05) is 36.8 Å². The molecular formula is C16H23NO5S. The van der Waals surface area contributed by atoms with E-state index in [1.807, 2.05) is 30.3 Å². The van der Waals surface area contributed by atoms with Crippen LogP contribution < -0.4 is 4.72 Å². The van der Waals surface area contributed by atoms with Gasteiger partial charge in [0.2, 0.25) is 0 Å². The smallest absolute Gasteiger partial charge is 0.333 e. The Kier molecular flexibility index (Phi) is 5.03. The lowest BCUT2D eigenvalue weighted by Gasteiger charge is -2.32. The molecule has 1 saturated carbocycles. The van der Waals surface area contributed by atoms with E-state index in [2.05, 4.69) is 4.72 Å². The van der Waals surface area contributed by atoms with Crippen molar-refractivity contribution in [3.05, 3.63) is 35.9 Å². The summed E-state index contributed by atoms with van der Waals surface area (Å²) in [7, 11) is -4.24. The van der Waals surface area contributed by atoms with Crippen LogP contribution in [0.2, 0.25) is 0 Å². The maximum Gasteiger partial charge on any atom is 0.333 e. The Morgan fingerprint density at radius 2 is 1.74 bits per heavy atom. The van der Waals surface area contributed by atoms with E-state index in [0.717, 1.165) is 31.2 Å². The molecular weight excluding hydrogens is 318 g/mol. The molecule has 128 valence electrons. The summed E-state index contributed by atoms with van der Waals surface area (Å²) in [5.74, 6) is -0.594. The van der Waals surface area contributed by atoms with E-state index in [0.29, 0.717) is 6.42 Å². The average Bonchev–Trinajstić information content (AvgIpc) is 2.83. The van der Waals surface area contributed by atoms with Crippen molar-refractivity contribution in [2.24, 2.45) is 0 Å². The van der Waals surface area contributed by atoms with Gasteiger partial charge < -0.3 is 9.47 Å². The molecule has 1 aromatic rings. The van der Waals surface area contributed by atoms with Gasteiger partial charge in [-0.2, -0.15) is 13.1 Å². The number of ether oxygens (including phenoxy) is 2. The molecule has 2 unspecified atom stereocenters. The van der Waals surface area contributed by atoms with Crippen molar-refractivity contribution >= 4 is 10.3 Å². The van der Waals surface area contributed by atoms with Crippen LogP contribution in [0.5, 0.6) is 0 Å². The Balaban J connectivity index is 1.72. The standard InChI is InChI=1S/C16H23NO5S/c18-23(19,20)17-12-15-14(11-13-7-3-1-4-8-13)21-16(22-15)9-5-2-6-10-16/h1,3-4,7-8,14-15,17H,2,5-6,9-12H2,(H,18,19,20). The Hall–Kier alpha value is -0.990. The first kappa shape index (κ1) is 16.9. The first-order valence-electron chi connectivity index (χ1n) is 8.07. The van der Waals surface area contributed by atoms with E-state index in [4.69, 9.17) is 14.0 Å². The van der Waals surface area contributed by atoms with Crippen molar-refractivity contribution in [1.29, 1.82) is 0 Å². The van der Waals surface area contributed by atoms with Gasteiger partial charge in [-0.05, 0) is 18.4 Å². The summed E-state index contributed by atoms with van der Waals surface area (Å²) in [6.07, 6.45) is 4.96. The molecule has 0 bridgehead atoms. The molecule has 23 heavy (non-hydrogen) atoms. The minimum Gasteiger partial charge on any atom is -0.344 e. The van der Waals surface area contributed by atoms with Crippen LogP contribution in [-0.4, -0.2) is 37.5 Å². The topological polar surface area (TPSA) is 84.9 Å². The van der Waals surface area contributed by atoms with E-state index in [-0.39, 0.29) is 12.6 Å². The summed E-state index contributed by atoms with van der Waals surface area (Å²) in [4.78, 5) is 0. The van der Waals surface area contributed by atoms with Gasteiger partial charge in [-0.3, -0.25) is 4.55 Å². The van der Waals surface area contributed by atoms with Crippen LogP contribution in [0.15, 0.2) is 30.3 Å². The highest BCUT2D eigenvalue weighted by atomic mass is 32.2. The first-order chi connectivity index (χ1) is 11.0. The largest absolute Gasteiger partial charge is 0.344 e. The molecule has 6 nitrogen and oxygen atoms in total. The maximum atomic E-state index is 11.0. The second kappa shape index (κ2) is 6.86. The Morgan fingerprint density at radius 1 is 1.09 bits per heavy atom. The molecule has 1 saturated heterocycles. The molecule has 0 amide bonds. The third-order valence-corrected chi connectivity index (χ3v) is 5.04. The molecule has 2 atom stereocenters. The average molecular weight is 341 g/mol. The fraction of sp³-hybridized carbons (Fsp3) is 0.625. The van der Waals surface area contributed by atoms with Crippen molar-refractivity contribution in [3.63, 3.8) is 0 Å². The predicted octanol–water partition coefficient (Wildman–Crippen LogP) is 2.07. The highest BCUT2D eigenvalue weighted by molar-refractivity contribution is 7.83. The first-order valence-corrected chi connectivity index (χ1v) is 9.51. The van der Waals surface area contributed by atoms with Crippen molar-refractivity contribution in [2.75, 3.05) is 6.54 Å². The molecule has 0 radical (unpaired) electrons. The molecule has 1 aliphatic heterocycles. The van der Waals surface area contributed by atoms with Gasteiger partial charge in [-0.15, -0.1) is 0 Å². The number of rotatable bonds is 5. The van der Waals surface area contributed by atoms with Gasteiger partial charge >= 0.3 is 10.3 Å². The van der Waals surface area contributed by atoms with Crippen molar-refractivity contribution in [3.8, 4) is 0 Å². The fourth-order valence-electron chi connectivity index (χ4n) is 3.44. The number of hydrogen-bond acceptors (Lipinski definition) is 4.